The molecule has 11 heavy (non-hydrogen) atoms. The van der Waals surface area contributed by atoms with Gasteiger partial charge in [0.1, 0.15) is 0 Å². The van der Waals surface area contributed by atoms with Crippen LogP contribution >= 0.6 is 0 Å². The van der Waals surface area contributed by atoms with Gasteiger partial charge in [0.15, 0.2) is 0 Å². The average molecular weight is 154 g/mol. The average Bonchev–Trinajstić information content (AvgIpc) is 2.06. The van der Waals surface area contributed by atoms with Gasteiger partial charge in [0.05, 0.1) is 13.2 Å². The third kappa shape index (κ3) is 27.1. The van der Waals surface area contributed by atoms with Crippen molar-refractivity contribution < 1.29 is 4.74 Å². The van der Waals surface area contributed by atoms with Crippen molar-refractivity contribution in [1.29, 1.82) is 0 Å². The maximum Gasteiger partial charge on any atom is 0.0649 e. The van der Waals surface area contributed by atoms with Gasteiger partial charge in [0.25, 0.3) is 0 Å². The molecule has 0 bridgehead atoms. The molecule has 0 saturated heterocycles. The third-order valence-electron chi connectivity index (χ3n) is 0.805. The molecule has 0 spiro atoms. The SMILES string of the molecule is C=CCOCC=C.CC=CC. The van der Waals surface area contributed by atoms with Gasteiger partial charge in [-0.25, -0.2) is 0 Å². The summed E-state index contributed by atoms with van der Waals surface area (Å²) in [6.45, 7) is 12.2. The molecule has 0 fully saturated rings. The summed E-state index contributed by atoms with van der Waals surface area (Å²) in [6, 6.07) is 0. The minimum atomic E-state index is 0.617. The van der Waals surface area contributed by atoms with Crippen LogP contribution in [0.2, 0.25) is 0 Å². The zero-order chi connectivity index (χ0) is 8.95. The normalized spacial score (nSPS) is 8.55. The fraction of sp³-hybridized carbons (Fsp3) is 0.400. The zero-order valence-electron chi connectivity index (χ0n) is 7.55. The molecule has 0 aromatic carbocycles. The predicted octanol–water partition coefficient (Wildman–Crippen LogP) is 2.96. The minimum absolute atomic E-state index is 0.617. The first-order valence-electron chi connectivity index (χ1n) is 3.70. The molecule has 0 aliphatic carbocycles. The van der Waals surface area contributed by atoms with Crippen molar-refractivity contribution in [3.05, 3.63) is 37.5 Å². The van der Waals surface area contributed by atoms with E-state index in [0.717, 1.165) is 0 Å². The van der Waals surface area contributed by atoms with Gasteiger partial charge >= 0.3 is 0 Å². The van der Waals surface area contributed by atoms with E-state index in [1.165, 1.54) is 0 Å². The second kappa shape index (κ2) is 16.1. The molecule has 0 aliphatic rings. The molecule has 0 aromatic rings. The van der Waals surface area contributed by atoms with Crippen LogP contribution in [-0.4, -0.2) is 13.2 Å². The van der Waals surface area contributed by atoms with Crippen molar-refractivity contribution in [3.8, 4) is 0 Å². The van der Waals surface area contributed by atoms with Crippen LogP contribution in [0.3, 0.4) is 0 Å². The zero-order valence-corrected chi connectivity index (χ0v) is 7.55. The minimum Gasteiger partial charge on any atom is -0.373 e. The number of hydrogen-bond acceptors (Lipinski definition) is 1. The molecule has 0 N–H and O–H groups in total. The first-order chi connectivity index (χ1) is 5.33. The maximum absolute atomic E-state index is 4.90. The van der Waals surface area contributed by atoms with Crippen molar-refractivity contribution in [2.24, 2.45) is 0 Å². The number of ether oxygens (including phenoxy) is 1. The van der Waals surface area contributed by atoms with Crippen LogP contribution in [0.1, 0.15) is 13.8 Å². The molecule has 0 aromatic heterocycles. The summed E-state index contributed by atoms with van der Waals surface area (Å²) in [5.41, 5.74) is 0. The summed E-state index contributed by atoms with van der Waals surface area (Å²) in [5, 5.41) is 0. The molecule has 0 amide bonds. The van der Waals surface area contributed by atoms with E-state index >= 15 is 0 Å². The lowest BCUT2D eigenvalue weighted by Crippen LogP contribution is -1.87. The van der Waals surface area contributed by atoms with Gasteiger partial charge in [0.2, 0.25) is 0 Å². The fourth-order valence-corrected chi connectivity index (χ4v) is 0.235. The van der Waals surface area contributed by atoms with E-state index in [0.29, 0.717) is 13.2 Å². The Morgan fingerprint density at radius 3 is 1.55 bits per heavy atom. The molecule has 64 valence electrons. The molecule has 0 aliphatic heterocycles. The van der Waals surface area contributed by atoms with E-state index < -0.39 is 0 Å². The van der Waals surface area contributed by atoms with E-state index in [9.17, 15) is 0 Å². The Balaban J connectivity index is 0. The third-order valence-corrected chi connectivity index (χ3v) is 0.805. The highest BCUT2D eigenvalue weighted by Gasteiger charge is 1.70. The van der Waals surface area contributed by atoms with Crippen molar-refractivity contribution in [2.45, 2.75) is 13.8 Å². The van der Waals surface area contributed by atoms with Gasteiger partial charge < -0.3 is 4.74 Å². The summed E-state index contributed by atoms with van der Waals surface area (Å²) in [5.74, 6) is 0. The lowest BCUT2D eigenvalue weighted by atomic mass is 10.6. The summed E-state index contributed by atoms with van der Waals surface area (Å²) in [6.07, 6.45) is 7.42. The van der Waals surface area contributed by atoms with Gasteiger partial charge in [-0.15, -0.1) is 13.2 Å². The summed E-state index contributed by atoms with van der Waals surface area (Å²) in [7, 11) is 0. The van der Waals surface area contributed by atoms with Crippen LogP contribution in [-0.2, 0) is 4.74 Å². The maximum atomic E-state index is 4.90. The van der Waals surface area contributed by atoms with Crippen molar-refractivity contribution in [3.63, 3.8) is 0 Å². The molecule has 0 saturated carbocycles. The molecule has 1 heteroatoms. The highest BCUT2D eigenvalue weighted by atomic mass is 16.5. The van der Waals surface area contributed by atoms with Gasteiger partial charge in [-0.1, -0.05) is 24.3 Å². The second-order valence-corrected chi connectivity index (χ2v) is 1.78. The Bertz CT molecular complexity index is 91.4. The number of allylic oxidation sites excluding steroid dienone is 2. The smallest absolute Gasteiger partial charge is 0.0649 e. The first-order valence-corrected chi connectivity index (χ1v) is 3.70. The Labute approximate surface area is 70.1 Å². The van der Waals surface area contributed by atoms with E-state index in [1.807, 2.05) is 26.0 Å². The van der Waals surface area contributed by atoms with E-state index in [2.05, 4.69) is 13.2 Å². The Hall–Kier alpha value is -0.820. The van der Waals surface area contributed by atoms with Crippen LogP contribution in [0.15, 0.2) is 37.5 Å². The summed E-state index contributed by atoms with van der Waals surface area (Å²) >= 11 is 0. The first kappa shape index (κ1) is 12.8. The standard InChI is InChI=1S/C6H10O.C4H8/c1-3-5-7-6-4-2;1-3-4-2/h3-4H,1-2,5-6H2;3-4H,1-2H3. The summed E-state index contributed by atoms with van der Waals surface area (Å²) < 4.78 is 4.90. The van der Waals surface area contributed by atoms with Crippen LogP contribution in [0, 0.1) is 0 Å². The Kier molecular flexibility index (Phi) is 18.7. The molecular formula is C10H18O. The molecule has 1 nitrogen and oxygen atoms in total. The van der Waals surface area contributed by atoms with Crippen molar-refractivity contribution >= 4 is 0 Å². The van der Waals surface area contributed by atoms with E-state index in [1.54, 1.807) is 12.2 Å². The van der Waals surface area contributed by atoms with E-state index in [-0.39, 0.29) is 0 Å². The van der Waals surface area contributed by atoms with Crippen LogP contribution in [0.4, 0.5) is 0 Å². The van der Waals surface area contributed by atoms with Gasteiger partial charge in [0, 0.05) is 0 Å². The lowest BCUT2D eigenvalue weighted by molar-refractivity contribution is 0.194. The van der Waals surface area contributed by atoms with Crippen LogP contribution in [0.5, 0.6) is 0 Å². The Morgan fingerprint density at radius 2 is 1.36 bits per heavy atom. The highest BCUT2D eigenvalue weighted by Crippen LogP contribution is 1.72. The van der Waals surface area contributed by atoms with Gasteiger partial charge in [-0.05, 0) is 13.8 Å². The molecule has 0 unspecified atom stereocenters. The topological polar surface area (TPSA) is 9.23 Å². The number of rotatable bonds is 4. The van der Waals surface area contributed by atoms with Crippen LogP contribution in [0.25, 0.3) is 0 Å². The Morgan fingerprint density at radius 1 is 1.00 bits per heavy atom. The van der Waals surface area contributed by atoms with Crippen molar-refractivity contribution in [1.82, 2.24) is 0 Å². The fourth-order valence-electron chi connectivity index (χ4n) is 0.235. The highest BCUT2D eigenvalue weighted by molar-refractivity contribution is 4.68. The van der Waals surface area contributed by atoms with Crippen LogP contribution < -0.4 is 0 Å². The second-order valence-electron chi connectivity index (χ2n) is 1.78. The summed E-state index contributed by atoms with van der Waals surface area (Å²) in [4.78, 5) is 0. The lowest BCUT2D eigenvalue weighted by Gasteiger charge is -1.89. The molecule has 0 rings (SSSR count). The largest absolute Gasteiger partial charge is 0.373 e. The van der Waals surface area contributed by atoms with Crippen molar-refractivity contribution in [2.75, 3.05) is 13.2 Å². The molecule has 0 heterocycles. The van der Waals surface area contributed by atoms with Gasteiger partial charge in [-0.3, -0.25) is 0 Å². The molecular weight excluding hydrogens is 136 g/mol. The van der Waals surface area contributed by atoms with E-state index in [4.69, 9.17) is 4.74 Å². The quantitative estimate of drug-likeness (QED) is 0.447. The predicted molar refractivity (Wildman–Crippen MR) is 51.7 cm³/mol. The van der Waals surface area contributed by atoms with Gasteiger partial charge in [-0.2, -0.15) is 0 Å². The molecule has 0 radical (unpaired) electrons. The number of hydrogen-bond donors (Lipinski definition) is 0. The molecule has 0 atom stereocenters. The monoisotopic (exact) mass is 154 g/mol.